The van der Waals surface area contributed by atoms with Crippen molar-refractivity contribution < 1.29 is 4.79 Å². The van der Waals surface area contributed by atoms with Crippen LogP contribution in [0.1, 0.15) is 10.5 Å². The fourth-order valence-corrected chi connectivity index (χ4v) is 2.73. The van der Waals surface area contributed by atoms with Crippen molar-refractivity contribution in [1.82, 2.24) is 10.2 Å². The van der Waals surface area contributed by atoms with Crippen LogP contribution in [0.2, 0.25) is 5.15 Å². The lowest BCUT2D eigenvalue weighted by molar-refractivity contribution is 0.102. The fraction of sp³-hybridized carbons (Fsp3) is 0. The summed E-state index contributed by atoms with van der Waals surface area (Å²) in [5, 5.41) is 12.6. The number of anilines is 1. The lowest BCUT2D eigenvalue weighted by Gasteiger charge is -2.09. The molecule has 0 aliphatic carbocycles. The Balaban J connectivity index is 1.88. The van der Waals surface area contributed by atoms with Gasteiger partial charge in [-0.1, -0.05) is 35.9 Å². The summed E-state index contributed by atoms with van der Waals surface area (Å²) in [5.74, 6) is -0.317. The molecule has 0 fully saturated rings. The molecular weight excluding hydrogens is 306 g/mol. The monoisotopic (exact) mass is 315 g/mol. The average molecular weight is 316 g/mol. The Kier molecular flexibility index (Phi) is 3.94. The second kappa shape index (κ2) is 6.03. The summed E-state index contributed by atoms with van der Waals surface area (Å²) in [6.45, 7) is 0. The Labute approximate surface area is 130 Å². The van der Waals surface area contributed by atoms with E-state index in [0.29, 0.717) is 0 Å². The van der Waals surface area contributed by atoms with Gasteiger partial charge in [0.2, 0.25) is 0 Å². The summed E-state index contributed by atoms with van der Waals surface area (Å²) in [6.07, 6.45) is 0. The molecule has 0 saturated heterocycles. The summed E-state index contributed by atoms with van der Waals surface area (Å²) in [6, 6.07) is 14.7. The van der Waals surface area contributed by atoms with E-state index in [1.807, 2.05) is 41.8 Å². The van der Waals surface area contributed by atoms with Gasteiger partial charge in [0.15, 0.2) is 10.8 Å². The number of rotatable bonds is 3. The van der Waals surface area contributed by atoms with Crippen molar-refractivity contribution in [2.45, 2.75) is 0 Å². The molecule has 4 nitrogen and oxygen atoms in total. The summed E-state index contributed by atoms with van der Waals surface area (Å²) < 4.78 is 0. The van der Waals surface area contributed by atoms with Gasteiger partial charge in [-0.3, -0.25) is 4.79 Å². The van der Waals surface area contributed by atoms with Crippen LogP contribution in [0.4, 0.5) is 5.69 Å². The molecule has 21 heavy (non-hydrogen) atoms. The van der Waals surface area contributed by atoms with Gasteiger partial charge in [0.25, 0.3) is 5.91 Å². The molecule has 0 bridgehead atoms. The van der Waals surface area contributed by atoms with Crippen LogP contribution >= 0.6 is 22.9 Å². The molecule has 3 rings (SSSR count). The second-order valence-electron chi connectivity index (χ2n) is 4.22. The van der Waals surface area contributed by atoms with Crippen molar-refractivity contribution >= 4 is 34.5 Å². The highest BCUT2D eigenvalue weighted by Crippen LogP contribution is 2.31. The maximum atomic E-state index is 12.2. The van der Waals surface area contributed by atoms with Crippen LogP contribution in [0.5, 0.6) is 0 Å². The maximum Gasteiger partial charge on any atom is 0.276 e. The molecule has 0 aliphatic rings. The Morgan fingerprint density at radius 1 is 1.05 bits per heavy atom. The van der Waals surface area contributed by atoms with Crippen LogP contribution in [-0.4, -0.2) is 16.1 Å². The molecule has 1 aromatic carbocycles. The molecular formula is C15H10ClN3OS. The molecule has 0 saturated carbocycles. The van der Waals surface area contributed by atoms with Crippen molar-refractivity contribution in [2.24, 2.45) is 0 Å². The first-order valence-electron chi connectivity index (χ1n) is 6.17. The summed E-state index contributed by atoms with van der Waals surface area (Å²) in [7, 11) is 0. The summed E-state index contributed by atoms with van der Waals surface area (Å²) in [4.78, 5) is 13.3. The van der Waals surface area contributed by atoms with E-state index >= 15 is 0 Å². The predicted molar refractivity (Wildman–Crippen MR) is 84.8 cm³/mol. The topological polar surface area (TPSA) is 54.9 Å². The van der Waals surface area contributed by atoms with Gasteiger partial charge in [-0.2, -0.15) is 0 Å². The van der Waals surface area contributed by atoms with E-state index in [-0.39, 0.29) is 16.8 Å². The van der Waals surface area contributed by atoms with Crippen molar-refractivity contribution in [3.05, 3.63) is 64.8 Å². The third-order valence-corrected chi connectivity index (χ3v) is 3.93. The van der Waals surface area contributed by atoms with Gasteiger partial charge in [0, 0.05) is 16.1 Å². The third kappa shape index (κ3) is 3.09. The van der Waals surface area contributed by atoms with Crippen LogP contribution < -0.4 is 5.32 Å². The molecule has 104 valence electrons. The number of aromatic nitrogens is 2. The number of hydrogen-bond acceptors (Lipinski definition) is 4. The molecule has 1 amide bonds. The number of para-hydroxylation sites is 1. The van der Waals surface area contributed by atoms with Crippen LogP contribution in [0.15, 0.2) is 53.9 Å². The number of nitrogens with zero attached hydrogens (tertiary/aromatic N) is 2. The van der Waals surface area contributed by atoms with Gasteiger partial charge in [-0.25, -0.2) is 0 Å². The van der Waals surface area contributed by atoms with E-state index in [0.717, 1.165) is 16.1 Å². The third-order valence-electron chi connectivity index (χ3n) is 2.83. The highest BCUT2D eigenvalue weighted by molar-refractivity contribution is 7.13. The number of hydrogen-bond donors (Lipinski definition) is 1. The Hall–Kier alpha value is -2.24. The van der Waals surface area contributed by atoms with Crippen molar-refractivity contribution in [2.75, 3.05) is 5.32 Å². The minimum absolute atomic E-state index is 0.223. The van der Waals surface area contributed by atoms with Crippen LogP contribution in [0.3, 0.4) is 0 Å². The number of thiophene rings is 1. The van der Waals surface area contributed by atoms with Crippen LogP contribution in [-0.2, 0) is 0 Å². The zero-order valence-electron chi connectivity index (χ0n) is 10.8. The van der Waals surface area contributed by atoms with E-state index in [1.165, 1.54) is 6.07 Å². The lowest BCUT2D eigenvalue weighted by Crippen LogP contribution is -2.14. The number of carbonyl (C=O) groups excluding carboxylic acids is 1. The highest BCUT2D eigenvalue weighted by Gasteiger charge is 2.12. The normalized spacial score (nSPS) is 10.3. The molecule has 0 unspecified atom stereocenters. The van der Waals surface area contributed by atoms with Crippen molar-refractivity contribution in [3.63, 3.8) is 0 Å². The van der Waals surface area contributed by atoms with Crippen LogP contribution in [0.25, 0.3) is 10.4 Å². The van der Waals surface area contributed by atoms with Crippen molar-refractivity contribution in [3.8, 4) is 10.4 Å². The average Bonchev–Trinajstić information content (AvgIpc) is 3.02. The second-order valence-corrected chi connectivity index (χ2v) is 5.55. The van der Waals surface area contributed by atoms with Gasteiger partial charge < -0.3 is 5.32 Å². The summed E-state index contributed by atoms with van der Waals surface area (Å²) >= 11 is 7.28. The number of amides is 1. The van der Waals surface area contributed by atoms with E-state index < -0.39 is 0 Å². The first kappa shape index (κ1) is 13.7. The molecule has 0 atom stereocenters. The van der Waals surface area contributed by atoms with Crippen LogP contribution in [0, 0.1) is 0 Å². The zero-order chi connectivity index (χ0) is 14.7. The minimum atomic E-state index is -0.317. The van der Waals surface area contributed by atoms with Crippen molar-refractivity contribution in [1.29, 1.82) is 0 Å². The fourth-order valence-electron chi connectivity index (χ4n) is 1.86. The van der Waals surface area contributed by atoms with E-state index in [4.69, 9.17) is 11.6 Å². The Morgan fingerprint density at radius 3 is 2.62 bits per heavy atom. The quantitative estimate of drug-likeness (QED) is 0.791. The standard InChI is InChI=1S/C15H10ClN3OS/c16-14-8-7-12(18-19-14)15(20)17-11-5-2-1-4-10(11)13-6-3-9-21-13/h1-9H,(H,17,20). The van der Waals surface area contributed by atoms with Gasteiger partial charge in [-0.05, 0) is 29.6 Å². The molecule has 1 N–H and O–H groups in total. The minimum Gasteiger partial charge on any atom is -0.320 e. The van der Waals surface area contributed by atoms with Gasteiger partial charge in [0.1, 0.15) is 0 Å². The van der Waals surface area contributed by atoms with Gasteiger partial charge in [0.05, 0.1) is 0 Å². The van der Waals surface area contributed by atoms with Gasteiger partial charge in [-0.15, -0.1) is 21.5 Å². The van der Waals surface area contributed by atoms with E-state index in [2.05, 4.69) is 15.5 Å². The molecule has 3 aromatic rings. The number of halogens is 1. The smallest absolute Gasteiger partial charge is 0.276 e. The number of nitrogens with one attached hydrogen (secondary N) is 1. The molecule has 2 aromatic heterocycles. The predicted octanol–water partition coefficient (Wildman–Crippen LogP) is 4.11. The van der Waals surface area contributed by atoms with E-state index in [9.17, 15) is 4.79 Å². The molecule has 2 heterocycles. The highest BCUT2D eigenvalue weighted by atomic mass is 35.5. The molecule has 0 aliphatic heterocycles. The maximum absolute atomic E-state index is 12.2. The molecule has 6 heteroatoms. The first-order valence-corrected chi connectivity index (χ1v) is 7.43. The summed E-state index contributed by atoms with van der Waals surface area (Å²) in [5.41, 5.74) is 1.94. The molecule has 0 spiro atoms. The number of benzene rings is 1. The number of carbonyl (C=O) groups is 1. The lowest BCUT2D eigenvalue weighted by atomic mass is 10.1. The Morgan fingerprint density at radius 2 is 1.90 bits per heavy atom. The SMILES string of the molecule is O=C(Nc1ccccc1-c1cccs1)c1ccc(Cl)nn1. The molecule has 0 radical (unpaired) electrons. The van der Waals surface area contributed by atoms with Gasteiger partial charge >= 0.3 is 0 Å². The first-order chi connectivity index (χ1) is 10.2. The zero-order valence-corrected chi connectivity index (χ0v) is 12.4. The Bertz CT molecular complexity index is 757. The largest absolute Gasteiger partial charge is 0.320 e. The van der Waals surface area contributed by atoms with E-state index in [1.54, 1.807) is 17.4 Å².